The van der Waals surface area contributed by atoms with Gasteiger partial charge in [0.05, 0.1) is 6.61 Å². The summed E-state index contributed by atoms with van der Waals surface area (Å²) in [6.07, 6.45) is 6.42. The van der Waals surface area contributed by atoms with Crippen molar-refractivity contribution in [3.05, 3.63) is 29.0 Å². The SMILES string of the molecule is CCCC1CCCN(C(=O)CCn2c(-c3ccc(OCC)cc3)n[nH]c2=S)CC1. The highest BCUT2D eigenvalue weighted by Gasteiger charge is 2.20. The number of hydrogen-bond donors (Lipinski definition) is 1. The molecule has 7 heteroatoms. The Morgan fingerprint density at radius 3 is 2.76 bits per heavy atom. The highest BCUT2D eigenvalue weighted by Crippen LogP contribution is 2.23. The molecule has 1 saturated heterocycles. The first kappa shape index (κ1) is 21.6. The van der Waals surface area contributed by atoms with Crippen LogP contribution in [0, 0.1) is 10.7 Å². The van der Waals surface area contributed by atoms with Crippen LogP contribution in [0.25, 0.3) is 11.4 Å². The predicted octanol–water partition coefficient (Wildman–Crippen LogP) is 4.83. The zero-order valence-corrected chi connectivity index (χ0v) is 18.3. The molecule has 1 fully saturated rings. The van der Waals surface area contributed by atoms with Crippen LogP contribution in [0.5, 0.6) is 5.75 Å². The Morgan fingerprint density at radius 2 is 2.03 bits per heavy atom. The van der Waals surface area contributed by atoms with Gasteiger partial charge in [0, 0.05) is 31.6 Å². The first-order valence-electron chi connectivity index (χ1n) is 10.8. The maximum absolute atomic E-state index is 12.8. The van der Waals surface area contributed by atoms with E-state index in [2.05, 4.69) is 17.1 Å². The third-order valence-electron chi connectivity index (χ3n) is 5.63. The predicted molar refractivity (Wildman–Crippen MR) is 117 cm³/mol. The van der Waals surface area contributed by atoms with E-state index in [4.69, 9.17) is 17.0 Å². The summed E-state index contributed by atoms with van der Waals surface area (Å²) in [5, 5.41) is 7.25. The highest BCUT2D eigenvalue weighted by molar-refractivity contribution is 7.71. The summed E-state index contributed by atoms with van der Waals surface area (Å²) < 4.78 is 7.96. The lowest BCUT2D eigenvalue weighted by molar-refractivity contribution is -0.131. The van der Waals surface area contributed by atoms with Gasteiger partial charge < -0.3 is 9.64 Å². The van der Waals surface area contributed by atoms with Crippen LogP contribution in [0.1, 0.15) is 52.4 Å². The first-order valence-corrected chi connectivity index (χ1v) is 11.2. The fourth-order valence-corrected chi connectivity index (χ4v) is 4.31. The van der Waals surface area contributed by atoms with E-state index in [0.29, 0.717) is 24.3 Å². The number of carbonyl (C=O) groups is 1. The van der Waals surface area contributed by atoms with E-state index in [-0.39, 0.29) is 5.91 Å². The molecule has 3 rings (SSSR count). The fraction of sp³-hybridized carbons (Fsp3) is 0.591. The lowest BCUT2D eigenvalue weighted by Gasteiger charge is -2.21. The number of benzene rings is 1. The molecular formula is C22H32N4O2S. The Balaban J connectivity index is 1.63. The van der Waals surface area contributed by atoms with Gasteiger partial charge in [0.15, 0.2) is 10.6 Å². The van der Waals surface area contributed by atoms with E-state index in [9.17, 15) is 4.79 Å². The Morgan fingerprint density at radius 1 is 1.24 bits per heavy atom. The number of H-pyrrole nitrogens is 1. The first-order chi connectivity index (χ1) is 14.1. The van der Waals surface area contributed by atoms with Gasteiger partial charge in [0.2, 0.25) is 5.91 Å². The second kappa shape index (κ2) is 10.6. The van der Waals surface area contributed by atoms with Crippen LogP contribution in [-0.4, -0.2) is 45.3 Å². The molecule has 29 heavy (non-hydrogen) atoms. The molecule has 2 aromatic rings. The van der Waals surface area contributed by atoms with Gasteiger partial charge in [0.25, 0.3) is 0 Å². The molecule has 0 radical (unpaired) electrons. The number of hydrogen-bond acceptors (Lipinski definition) is 4. The molecule has 1 amide bonds. The van der Waals surface area contributed by atoms with Crippen molar-refractivity contribution >= 4 is 18.1 Å². The van der Waals surface area contributed by atoms with Crippen LogP contribution in [0.4, 0.5) is 0 Å². The van der Waals surface area contributed by atoms with E-state index in [1.54, 1.807) is 0 Å². The zero-order valence-electron chi connectivity index (χ0n) is 17.5. The molecule has 0 saturated carbocycles. The van der Waals surface area contributed by atoms with Gasteiger partial charge >= 0.3 is 0 Å². The zero-order chi connectivity index (χ0) is 20.6. The van der Waals surface area contributed by atoms with Crippen molar-refractivity contribution in [1.82, 2.24) is 19.7 Å². The lowest BCUT2D eigenvalue weighted by atomic mass is 9.96. The number of aromatic amines is 1. The summed E-state index contributed by atoms with van der Waals surface area (Å²) >= 11 is 5.41. The molecule has 1 atom stereocenters. The number of amides is 1. The summed E-state index contributed by atoms with van der Waals surface area (Å²) in [6, 6.07) is 7.79. The van der Waals surface area contributed by atoms with Crippen molar-refractivity contribution in [2.24, 2.45) is 5.92 Å². The highest BCUT2D eigenvalue weighted by atomic mass is 32.1. The molecular weight excluding hydrogens is 384 g/mol. The number of likely N-dealkylation sites (tertiary alicyclic amines) is 1. The van der Waals surface area contributed by atoms with Crippen LogP contribution in [0.3, 0.4) is 0 Å². The van der Waals surface area contributed by atoms with Gasteiger partial charge in [-0.2, -0.15) is 5.10 Å². The molecule has 1 aliphatic rings. The van der Waals surface area contributed by atoms with E-state index >= 15 is 0 Å². The second-order valence-corrected chi connectivity index (χ2v) is 8.06. The Labute approximate surface area is 178 Å². The average molecular weight is 417 g/mol. The van der Waals surface area contributed by atoms with Gasteiger partial charge in [-0.25, -0.2) is 0 Å². The number of carbonyl (C=O) groups excluding carboxylic acids is 1. The lowest BCUT2D eigenvalue weighted by Crippen LogP contribution is -2.32. The molecule has 2 heterocycles. The number of aromatic nitrogens is 3. The monoisotopic (exact) mass is 416 g/mol. The summed E-state index contributed by atoms with van der Waals surface area (Å²) in [7, 11) is 0. The van der Waals surface area contributed by atoms with Crippen molar-refractivity contribution in [1.29, 1.82) is 0 Å². The molecule has 158 valence electrons. The second-order valence-electron chi connectivity index (χ2n) is 7.68. The standard InChI is InChI=1S/C22H32N4O2S/c1-3-6-17-7-5-14-25(15-12-17)20(27)13-16-26-21(23-24-22(26)29)18-8-10-19(11-9-18)28-4-2/h8-11,17H,3-7,12-16H2,1-2H3,(H,24,29). The minimum absolute atomic E-state index is 0.211. The Kier molecular flexibility index (Phi) is 7.86. The van der Waals surface area contributed by atoms with Gasteiger partial charge in [-0.05, 0) is 68.6 Å². The Hall–Kier alpha value is -2.15. The van der Waals surface area contributed by atoms with Crippen LogP contribution >= 0.6 is 12.2 Å². The van der Waals surface area contributed by atoms with Gasteiger partial charge in [-0.3, -0.25) is 14.5 Å². The maximum atomic E-state index is 12.8. The van der Waals surface area contributed by atoms with Crippen LogP contribution in [0.2, 0.25) is 0 Å². The molecule has 6 nitrogen and oxygen atoms in total. The summed E-state index contributed by atoms with van der Waals surface area (Å²) in [4.78, 5) is 14.9. The van der Waals surface area contributed by atoms with Crippen LogP contribution in [-0.2, 0) is 11.3 Å². The van der Waals surface area contributed by atoms with E-state index < -0.39 is 0 Å². The third-order valence-corrected chi connectivity index (χ3v) is 5.94. The van der Waals surface area contributed by atoms with Gasteiger partial charge in [-0.1, -0.05) is 19.8 Å². The smallest absolute Gasteiger partial charge is 0.224 e. The van der Waals surface area contributed by atoms with E-state index in [1.165, 1.54) is 19.3 Å². The van der Waals surface area contributed by atoms with Crippen LogP contribution < -0.4 is 4.74 Å². The molecule has 1 N–H and O–H groups in total. The summed E-state index contributed by atoms with van der Waals surface area (Å²) in [5.74, 6) is 2.56. The van der Waals surface area contributed by atoms with Crippen molar-refractivity contribution < 1.29 is 9.53 Å². The Bertz CT molecular complexity index is 843. The molecule has 1 aromatic carbocycles. The van der Waals surface area contributed by atoms with E-state index in [0.717, 1.165) is 49.0 Å². The largest absolute Gasteiger partial charge is 0.494 e. The van der Waals surface area contributed by atoms with Crippen molar-refractivity contribution in [2.45, 2.75) is 58.9 Å². The number of rotatable bonds is 8. The van der Waals surface area contributed by atoms with Crippen molar-refractivity contribution in [3.8, 4) is 17.1 Å². The van der Waals surface area contributed by atoms with Gasteiger partial charge in [0.1, 0.15) is 5.75 Å². The number of nitrogens with one attached hydrogen (secondary N) is 1. The van der Waals surface area contributed by atoms with Gasteiger partial charge in [-0.15, -0.1) is 0 Å². The quantitative estimate of drug-likeness (QED) is 0.626. The maximum Gasteiger partial charge on any atom is 0.224 e. The number of nitrogens with zero attached hydrogens (tertiary/aromatic N) is 3. The minimum Gasteiger partial charge on any atom is -0.494 e. The van der Waals surface area contributed by atoms with Crippen LogP contribution in [0.15, 0.2) is 24.3 Å². The molecule has 0 bridgehead atoms. The minimum atomic E-state index is 0.211. The third kappa shape index (κ3) is 5.69. The molecule has 1 aliphatic heterocycles. The molecule has 1 unspecified atom stereocenters. The summed E-state index contributed by atoms with van der Waals surface area (Å²) in [5.41, 5.74) is 0.949. The molecule has 1 aromatic heterocycles. The normalized spacial score (nSPS) is 17.2. The van der Waals surface area contributed by atoms with Crippen molar-refractivity contribution in [3.63, 3.8) is 0 Å². The number of ether oxygens (including phenoxy) is 1. The average Bonchev–Trinajstić information content (AvgIpc) is 2.93. The van der Waals surface area contributed by atoms with Crippen molar-refractivity contribution in [2.75, 3.05) is 19.7 Å². The topological polar surface area (TPSA) is 63.1 Å². The fourth-order valence-electron chi connectivity index (χ4n) is 4.09. The molecule has 0 aliphatic carbocycles. The van der Waals surface area contributed by atoms with E-state index in [1.807, 2.05) is 40.7 Å². The molecule has 0 spiro atoms. The summed E-state index contributed by atoms with van der Waals surface area (Å²) in [6.45, 7) is 7.13.